The lowest BCUT2D eigenvalue weighted by atomic mass is 9.92. The van der Waals surface area contributed by atoms with Gasteiger partial charge in [0.25, 0.3) is 10.1 Å². The van der Waals surface area contributed by atoms with Crippen molar-refractivity contribution in [1.29, 1.82) is 0 Å². The molecule has 1 aliphatic heterocycles. The van der Waals surface area contributed by atoms with E-state index in [0.29, 0.717) is 38.9 Å². The maximum Gasteiger partial charge on any atom is 0.416 e. The van der Waals surface area contributed by atoms with E-state index in [4.69, 9.17) is 13.7 Å². The Hall–Kier alpha value is -1.16. The molecular weight excluding hydrogens is 349 g/mol. The summed E-state index contributed by atoms with van der Waals surface area (Å²) in [6.45, 7) is 1.05. The third kappa shape index (κ3) is 3.74. The number of halogens is 3. The van der Waals surface area contributed by atoms with Crippen molar-refractivity contribution in [3.63, 3.8) is 0 Å². The monoisotopic (exact) mass is 366 g/mol. The Morgan fingerprint density at radius 2 is 1.58 bits per heavy atom. The van der Waals surface area contributed by atoms with Crippen molar-refractivity contribution in [2.45, 2.75) is 48.6 Å². The van der Waals surface area contributed by atoms with Crippen LogP contribution in [-0.2, 0) is 30.0 Å². The normalized spacial score (nSPS) is 22.1. The molecule has 0 radical (unpaired) electrons. The van der Waals surface area contributed by atoms with Crippen LogP contribution >= 0.6 is 0 Å². The standard InChI is InChI=1S/C15H17F3O5S/c16-15(17,18)11-1-3-13(4-2-11)24(19,20)23-12-5-7-14(8-6-12)21-9-10-22-14/h1-4,12H,5-10H2. The van der Waals surface area contributed by atoms with Gasteiger partial charge in [0.05, 0.1) is 29.8 Å². The van der Waals surface area contributed by atoms with Crippen LogP contribution in [-0.4, -0.2) is 33.5 Å². The maximum atomic E-state index is 12.5. The second-order valence-electron chi connectivity index (χ2n) is 5.88. The van der Waals surface area contributed by atoms with Crippen molar-refractivity contribution in [2.24, 2.45) is 0 Å². The molecule has 2 aliphatic rings. The van der Waals surface area contributed by atoms with Crippen LogP contribution in [0.5, 0.6) is 0 Å². The molecule has 134 valence electrons. The van der Waals surface area contributed by atoms with Crippen molar-refractivity contribution >= 4 is 10.1 Å². The van der Waals surface area contributed by atoms with Gasteiger partial charge in [0.2, 0.25) is 0 Å². The summed E-state index contributed by atoms with van der Waals surface area (Å²) < 4.78 is 78.3. The van der Waals surface area contributed by atoms with E-state index < -0.39 is 33.7 Å². The van der Waals surface area contributed by atoms with Crippen molar-refractivity contribution in [2.75, 3.05) is 13.2 Å². The molecule has 24 heavy (non-hydrogen) atoms. The first-order chi connectivity index (χ1) is 11.2. The van der Waals surface area contributed by atoms with Crippen molar-refractivity contribution in [3.8, 4) is 0 Å². The van der Waals surface area contributed by atoms with E-state index in [1.54, 1.807) is 0 Å². The third-order valence-corrected chi connectivity index (χ3v) is 5.62. The van der Waals surface area contributed by atoms with Gasteiger partial charge in [0.1, 0.15) is 0 Å². The zero-order valence-corrected chi connectivity index (χ0v) is 13.5. The van der Waals surface area contributed by atoms with Gasteiger partial charge >= 0.3 is 6.18 Å². The third-order valence-electron chi connectivity index (χ3n) is 4.24. The summed E-state index contributed by atoms with van der Waals surface area (Å²) in [5.74, 6) is -0.627. The van der Waals surface area contributed by atoms with E-state index in [0.717, 1.165) is 24.3 Å². The molecule has 9 heteroatoms. The summed E-state index contributed by atoms with van der Waals surface area (Å²) in [4.78, 5) is -0.288. The molecule has 5 nitrogen and oxygen atoms in total. The molecule has 1 aliphatic carbocycles. The Labute approximate surface area is 137 Å². The number of ether oxygens (including phenoxy) is 2. The van der Waals surface area contributed by atoms with Gasteiger partial charge in [0.15, 0.2) is 5.79 Å². The lowest BCUT2D eigenvalue weighted by Gasteiger charge is -2.34. The number of benzene rings is 1. The molecule has 1 saturated heterocycles. The molecule has 1 heterocycles. The second-order valence-corrected chi connectivity index (χ2v) is 7.45. The fourth-order valence-electron chi connectivity index (χ4n) is 2.96. The Balaban J connectivity index is 1.64. The molecule has 0 N–H and O–H groups in total. The van der Waals surface area contributed by atoms with Crippen LogP contribution in [0.1, 0.15) is 31.2 Å². The van der Waals surface area contributed by atoms with Crippen molar-refractivity contribution in [1.82, 2.24) is 0 Å². The number of alkyl halides is 3. The fraction of sp³-hybridized carbons (Fsp3) is 0.600. The Bertz CT molecular complexity index is 668. The van der Waals surface area contributed by atoms with Gasteiger partial charge in [-0.15, -0.1) is 0 Å². The van der Waals surface area contributed by atoms with Crippen LogP contribution in [0.2, 0.25) is 0 Å². The quantitative estimate of drug-likeness (QED) is 0.770. The molecule has 0 aromatic heterocycles. The minimum absolute atomic E-state index is 0.288. The molecule has 0 amide bonds. The largest absolute Gasteiger partial charge is 0.416 e. The van der Waals surface area contributed by atoms with Gasteiger partial charge in [-0.2, -0.15) is 21.6 Å². The number of hydrogen-bond acceptors (Lipinski definition) is 5. The summed E-state index contributed by atoms with van der Waals surface area (Å²) in [7, 11) is -4.11. The molecule has 1 aromatic rings. The minimum atomic E-state index is -4.51. The van der Waals surface area contributed by atoms with E-state index in [-0.39, 0.29) is 4.90 Å². The van der Waals surface area contributed by atoms with E-state index in [2.05, 4.69) is 0 Å². The lowest BCUT2D eigenvalue weighted by molar-refractivity contribution is -0.185. The molecule has 2 fully saturated rings. The van der Waals surface area contributed by atoms with Crippen LogP contribution in [0.25, 0.3) is 0 Å². The predicted octanol–water partition coefficient (Wildman–Crippen LogP) is 3.10. The van der Waals surface area contributed by atoms with Crippen LogP contribution in [0, 0.1) is 0 Å². The first-order valence-electron chi connectivity index (χ1n) is 7.59. The number of rotatable bonds is 3. The SMILES string of the molecule is O=S(=O)(OC1CCC2(CC1)OCCO2)c1ccc(C(F)(F)F)cc1. The molecule has 0 atom stereocenters. The molecule has 0 bridgehead atoms. The molecule has 3 rings (SSSR count). The second kappa shape index (κ2) is 6.29. The van der Waals surface area contributed by atoms with E-state index in [1.807, 2.05) is 0 Å². The Kier molecular flexibility index (Phi) is 4.63. The first kappa shape index (κ1) is 17.7. The summed E-state index contributed by atoms with van der Waals surface area (Å²) >= 11 is 0. The average Bonchev–Trinajstić information content (AvgIpc) is 2.97. The fourth-order valence-corrected chi connectivity index (χ4v) is 4.09. The van der Waals surface area contributed by atoms with Gasteiger partial charge in [-0.25, -0.2) is 0 Å². The predicted molar refractivity (Wildman–Crippen MR) is 76.6 cm³/mol. The Morgan fingerprint density at radius 1 is 1.04 bits per heavy atom. The van der Waals surface area contributed by atoms with Crippen LogP contribution < -0.4 is 0 Å². The van der Waals surface area contributed by atoms with E-state index in [1.165, 1.54) is 0 Å². The first-order valence-corrected chi connectivity index (χ1v) is 9.00. The molecule has 1 aromatic carbocycles. The van der Waals surface area contributed by atoms with Gasteiger partial charge in [-0.05, 0) is 37.1 Å². The van der Waals surface area contributed by atoms with Gasteiger partial charge < -0.3 is 9.47 Å². The minimum Gasteiger partial charge on any atom is -0.348 e. The van der Waals surface area contributed by atoms with Gasteiger partial charge in [-0.3, -0.25) is 4.18 Å². The van der Waals surface area contributed by atoms with Crippen LogP contribution in [0.3, 0.4) is 0 Å². The highest BCUT2D eigenvalue weighted by Gasteiger charge is 2.41. The highest BCUT2D eigenvalue weighted by molar-refractivity contribution is 7.86. The van der Waals surface area contributed by atoms with Crippen molar-refractivity contribution < 1.29 is 35.2 Å². The van der Waals surface area contributed by atoms with E-state index in [9.17, 15) is 21.6 Å². The zero-order valence-electron chi connectivity index (χ0n) is 12.7. The van der Waals surface area contributed by atoms with Crippen LogP contribution in [0.4, 0.5) is 13.2 Å². The topological polar surface area (TPSA) is 61.8 Å². The van der Waals surface area contributed by atoms with Gasteiger partial charge in [0, 0.05) is 12.8 Å². The summed E-state index contributed by atoms with van der Waals surface area (Å²) in [6, 6.07) is 3.27. The van der Waals surface area contributed by atoms with Crippen LogP contribution in [0.15, 0.2) is 29.2 Å². The molecule has 0 unspecified atom stereocenters. The summed E-state index contributed by atoms with van der Waals surface area (Å²) in [6.07, 6.45) is -3.10. The summed E-state index contributed by atoms with van der Waals surface area (Å²) in [5.41, 5.74) is -0.906. The Morgan fingerprint density at radius 3 is 2.08 bits per heavy atom. The highest BCUT2D eigenvalue weighted by Crippen LogP contribution is 2.37. The lowest BCUT2D eigenvalue weighted by Crippen LogP contribution is -2.38. The highest BCUT2D eigenvalue weighted by atomic mass is 32.2. The van der Waals surface area contributed by atoms with Gasteiger partial charge in [-0.1, -0.05) is 0 Å². The molecule has 1 saturated carbocycles. The average molecular weight is 366 g/mol. The zero-order chi connectivity index (χ0) is 17.4. The van der Waals surface area contributed by atoms with Crippen molar-refractivity contribution in [3.05, 3.63) is 29.8 Å². The smallest absolute Gasteiger partial charge is 0.348 e. The molecular formula is C15H17F3O5S. The number of hydrogen-bond donors (Lipinski definition) is 0. The molecule has 1 spiro atoms. The summed E-state index contributed by atoms with van der Waals surface area (Å²) in [5, 5.41) is 0. The maximum absolute atomic E-state index is 12.5. The van der Waals surface area contributed by atoms with E-state index >= 15 is 0 Å².